The van der Waals surface area contributed by atoms with E-state index in [9.17, 15) is 0 Å². The summed E-state index contributed by atoms with van der Waals surface area (Å²) in [5, 5.41) is 3.50. The molecule has 2 heterocycles. The maximum Gasteiger partial charge on any atom is 0.194 e. The van der Waals surface area contributed by atoms with E-state index in [1.807, 2.05) is 12.5 Å². The third-order valence-corrected chi connectivity index (χ3v) is 5.47. The number of piperidine rings is 1. The van der Waals surface area contributed by atoms with Crippen LogP contribution in [0, 0.1) is 5.92 Å². The Balaban J connectivity index is 0.00000300. The fourth-order valence-electron chi connectivity index (χ4n) is 3.89. The van der Waals surface area contributed by atoms with Gasteiger partial charge < -0.3 is 19.7 Å². The van der Waals surface area contributed by atoms with Gasteiger partial charge in [0.25, 0.3) is 0 Å². The van der Waals surface area contributed by atoms with Crippen LogP contribution in [0.15, 0.2) is 48.0 Å². The lowest BCUT2D eigenvalue weighted by molar-refractivity contribution is 0.189. The van der Waals surface area contributed by atoms with Gasteiger partial charge in [-0.1, -0.05) is 31.2 Å². The minimum Gasteiger partial charge on any atom is -0.357 e. The molecule has 0 amide bonds. The lowest BCUT2D eigenvalue weighted by atomic mass is 9.93. The smallest absolute Gasteiger partial charge is 0.194 e. The largest absolute Gasteiger partial charge is 0.357 e. The van der Waals surface area contributed by atoms with Crippen LogP contribution in [-0.2, 0) is 13.1 Å². The van der Waals surface area contributed by atoms with Gasteiger partial charge in [0.1, 0.15) is 0 Å². The maximum atomic E-state index is 5.00. The summed E-state index contributed by atoms with van der Waals surface area (Å²) < 4.78 is 2.24. The van der Waals surface area contributed by atoms with E-state index in [1.165, 1.54) is 11.1 Å². The molecule has 160 valence electrons. The number of hydrogen-bond donors (Lipinski definition) is 1. The molecule has 3 rings (SSSR count). The Morgan fingerprint density at radius 3 is 2.69 bits per heavy atom. The van der Waals surface area contributed by atoms with Gasteiger partial charge >= 0.3 is 0 Å². The summed E-state index contributed by atoms with van der Waals surface area (Å²) in [5.41, 5.74) is 2.64. The second-order valence-electron chi connectivity index (χ2n) is 7.97. The quantitative estimate of drug-likeness (QED) is 0.367. The van der Waals surface area contributed by atoms with Crippen molar-refractivity contribution in [1.82, 2.24) is 24.7 Å². The Labute approximate surface area is 192 Å². The molecule has 2 atom stereocenters. The molecule has 1 fully saturated rings. The van der Waals surface area contributed by atoms with Crippen LogP contribution in [0.25, 0.3) is 0 Å². The minimum atomic E-state index is 0. The summed E-state index contributed by atoms with van der Waals surface area (Å²) >= 11 is 0. The van der Waals surface area contributed by atoms with Crippen LogP contribution < -0.4 is 5.32 Å². The van der Waals surface area contributed by atoms with E-state index < -0.39 is 0 Å². The molecular formula is C22H35IN6. The van der Waals surface area contributed by atoms with Gasteiger partial charge in [-0.3, -0.25) is 0 Å². The molecule has 0 saturated carbocycles. The summed E-state index contributed by atoms with van der Waals surface area (Å²) in [6.45, 7) is 8.99. The first-order valence-corrected chi connectivity index (χ1v) is 10.3. The van der Waals surface area contributed by atoms with E-state index in [-0.39, 0.29) is 24.0 Å². The summed E-state index contributed by atoms with van der Waals surface area (Å²) in [6.07, 6.45) is 7.04. The average molecular weight is 510 g/mol. The molecule has 0 radical (unpaired) electrons. The number of nitrogens with one attached hydrogen (secondary N) is 1. The van der Waals surface area contributed by atoms with Crippen LogP contribution in [0.1, 0.15) is 37.4 Å². The second-order valence-corrected chi connectivity index (χ2v) is 7.97. The highest BCUT2D eigenvalue weighted by atomic mass is 127. The first kappa shape index (κ1) is 23.7. The number of aliphatic imine (C=N–C) groups is 1. The van der Waals surface area contributed by atoms with Gasteiger partial charge in [0.05, 0.1) is 18.9 Å². The van der Waals surface area contributed by atoms with Crippen molar-refractivity contribution in [3.05, 3.63) is 54.1 Å². The van der Waals surface area contributed by atoms with E-state index in [0.717, 1.165) is 38.6 Å². The molecule has 6 nitrogen and oxygen atoms in total. The molecule has 0 aliphatic carbocycles. The maximum absolute atomic E-state index is 5.00. The molecule has 1 aromatic heterocycles. The van der Waals surface area contributed by atoms with Crippen molar-refractivity contribution in [3.63, 3.8) is 0 Å². The lowest BCUT2D eigenvalue weighted by Gasteiger charge is -2.39. The number of benzene rings is 1. The minimum absolute atomic E-state index is 0. The predicted octanol–water partition coefficient (Wildman–Crippen LogP) is 3.61. The highest BCUT2D eigenvalue weighted by molar-refractivity contribution is 14.0. The second kappa shape index (κ2) is 11.5. The highest BCUT2D eigenvalue weighted by Gasteiger charge is 2.28. The SMILES string of the molecule is CCNC(=NCc1ccccc1CN(C)C)N1CCC(C)C(n2ccnc2)C1.I. The number of nitrogens with zero attached hydrogens (tertiary/aromatic N) is 5. The third-order valence-electron chi connectivity index (χ3n) is 5.47. The number of likely N-dealkylation sites (tertiary alicyclic amines) is 1. The predicted molar refractivity (Wildman–Crippen MR) is 131 cm³/mol. The Kier molecular flexibility index (Phi) is 9.42. The van der Waals surface area contributed by atoms with Crippen molar-refractivity contribution < 1.29 is 0 Å². The molecule has 1 saturated heterocycles. The summed E-state index contributed by atoms with van der Waals surface area (Å²) in [4.78, 5) is 13.9. The topological polar surface area (TPSA) is 48.7 Å². The molecule has 7 heteroatoms. The van der Waals surface area contributed by atoms with E-state index in [4.69, 9.17) is 4.99 Å². The van der Waals surface area contributed by atoms with Gasteiger partial charge in [0, 0.05) is 38.6 Å². The molecule has 1 aromatic carbocycles. The zero-order valence-corrected chi connectivity index (χ0v) is 20.4. The number of halogens is 1. The third kappa shape index (κ3) is 6.44. The summed E-state index contributed by atoms with van der Waals surface area (Å²) in [7, 11) is 4.21. The Morgan fingerprint density at radius 2 is 2.03 bits per heavy atom. The number of imidazole rings is 1. The van der Waals surface area contributed by atoms with Gasteiger partial charge in [-0.05, 0) is 44.5 Å². The fraction of sp³-hybridized carbons (Fsp3) is 0.545. The van der Waals surface area contributed by atoms with Gasteiger partial charge in [-0.25, -0.2) is 9.98 Å². The van der Waals surface area contributed by atoms with E-state index >= 15 is 0 Å². The van der Waals surface area contributed by atoms with Crippen LogP contribution in [0.2, 0.25) is 0 Å². The van der Waals surface area contributed by atoms with E-state index in [0.29, 0.717) is 18.5 Å². The zero-order chi connectivity index (χ0) is 19.9. The summed E-state index contributed by atoms with van der Waals surface area (Å²) in [5.74, 6) is 1.65. The Morgan fingerprint density at radius 1 is 1.28 bits per heavy atom. The zero-order valence-electron chi connectivity index (χ0n) is 18.1. The molecule has 2 aromatic rings. The molecule has 1 aliphatic heterocycles. The van der Waals surface area contributed by atoms with Crippen molar-refractivity contribution in [3.8, 4) is 0 Å². The molecule has 2 unspecified atom stereocenters. The van der Waals surface area contributed by atoms with Crippen LogP contribution in [0.5, 0.6) is 0 Å². The normalized spacial score (nSPS) is 19.9. The van der Waals surface area contributed by atoms with Crippen LogP contribution >= 0.6 is 24.0 Å². The van der Waals surface area contributed by atoms with Gasteiger partial charge in [-0.15, -0.1) is 24.0 Å². The molecule has 0 bridgehead atoms. The lowest BCUT2D eigenvalue weighted by Crippen LogP contribution is -2.49. The number of hydrogen-bond acceptors (Lipinski definition) is 3. The van der Waals surface area contributed by atoms with Crippen molar-refractivity contribution >= 4 is 29.9 Å². The monoisotopic (exact) mass is 510 g/mol. The standard InChI is InChI=1S/C22H34N6.HI/c1-5-24-22(25-14-19-8-6-7-9-20(19)15-26(3)4)27-12-10-18(2)21(16-27)28-13-11-23-17-28;/h6-9,11,13,17-18,21H,5,10,12,14-16H2,1-4H3,(H,24,25);1H. The van der Waals surface area contributed by atoms with Gasteiger partial charge in [-0.2, -0.15) is 0 Å². The Bertz CT molecular complexity index is 758. The van der Waals surface area contributed by atoms with E-state index in [1.54, 1.807) is 0 Å². The fourth-order valence-corrected chi connectivity index (χ4v) is 3.89. The van der Waals surface area contributed by atoms with Crippen molar-refractivity contribution in [2.24, 2.45) is 10.9 Å². The molecule has 29 heavy (non-hydrogen) atoms. The van der Waals surface area contributed by atoms with Gasteiger partial charge in [0.15, 0.2) is 5.96 Å². The molecule has 1 aliphatic rings. The number of guanidine groups is 1. The first-order valence-electron chi connectivity index (χ1n) is 10.3. The van der Waals surface area contributed by atoms with Crippen molar-refractivity contribution in [1.29, 1.82) is 0 Å². The average Bonchev–Trinajstić information content (AvgIpc) is 3.21. The van der Waals surface area contributed by atoms with E-state index in [2.05, 4.69) is 83.1 Å². The molecule has 0 spiro atoms. The number of rotatable bonds is 6. The molecular weight excluding hydrogens is 475 g/mol. The number of aromatic nitrogens is 2. The summed E-state index contributed by atoms with van der Waals surface area (Å²) in [6, 6.07) is 9.04. The first-order chi connectivity index (χ1) is 13.6. The highest BCUT2D eigenvalue weighted by Crippen LogP contribution is 2.27. The van der Waals surface area contributed by atoms with Crippen LogP contribution in [-0.4, -0.2) is 59.0 Å². The van der Waals surface area contributed by atoms with Crippen LogP contribution in [0.3, 0.4) is 0 Å². The van der Waals surface area contributed by atoms with Crippen LogP contribution in [0.4, 0.5) is 0 Å². The van der Waals surface area contributed by atoms with Gasteiger partial charge in [0.2, 0.25) is 0 Å². The molecule has 1 N–H and O–H groups in total. The van der Waals surface area contributed by atoms with Crippen molar-refractivity contribution in [2.45, 2.75) is 39.4 Å². The Hall–Kier alpha value is -1.61. The van der Waals surface area contributed by atoms with Crippen molar-refractivity contribution in [2.75, 3.05) is 33.7 Å².